The van der Waals surface area contributed by atoms with Crippen LogP contribution in [0, 0.1) is 5.82 Å². The Morgan fingerprint density at radius 2 is 2.32 bits per heavy atom. The van der Waals surface area contributed by atoms with Gasteiger partial charge in [-0.15, -0.1) is 0 Å². The zero-order valence-corrected chi connectivity index (χ0v) is 11.4. The van der Waals surface area contributed by atoms with Gasteiger partial charge < -0.3 is 5.11 Å². The first-order valence-corrected chi connectivity index (χ1v) is 6.55. The summed E-state index contributed by atoms with van der Waals surface area (Å²) in [5.41, 5.74) is 0.501. The van der Waals surface area contributed by atoms with Crippen LogP contribution in [0.3, 0.4) is 0 Å². The average Bonchev–Trinajstić information content (AvgIpc) is 2.67. The highest BCUT2D eigenvalue weighted by atomic mass is 35.5. The van der Waals surface area contributed by atoms with Gasteiger partial charge in [0.2, 0.25) is 0 Å². The van der Waals surface area contributed by atoms with Crippen molar-refractivity contribution < 1.29 is 14.3 Å². The number of benzene rings is 1. The number of nitrogens with zero attached hydrogens (tertiary/aromatic N) is 3. The molecule has 0 saturated carbocycles. The minimum Gasteiger partial charge on any atom is -0.481 e. The van der Waals surface area contributed by atoms with Gasteiger partial charge >= 0.3 is 5.97 Å². The van der Waals surface area contributed by atoms with E-state index in [0.717, 1.165) is 11.8 Å². The molecule has 1 N–H and O–H groups in total. The van der Waals surface area contributed by atoms with E-state index >= 15 is 0 Å². The summed E-state index contributed by atoms with van der Waals surface area (Å²) in [7, 11) is 1.65. The predicted molar refractivity (Wildman–Crippen MR) is 69.8 cm³/mol. The standard InChI is InChI=1S/C11H9ClFN3O2S/c1-16-11(19-5-9(17)18)14-10(15-16)7-3-2-6(13)4-8(7)12/h2-4H,5H2,1H3,(H,17,18). The van der Waals surface area contributed by atoms with E-state index in [1.54, 1.807) is 7.05 Å². The summed E-state index contributed by atoms with van der Waals surface area (Å²) in [6, 6.07) is 3.93. The topological polar surface area (TPSA) is 68.0 Å². The number of thioether (sulfide) groups is 1. The van der Waals surface area contributed by atoms with Crippen molar-refractivity contribution >= 4 is 29.3 Å². The molecule has 0 unspecified atom stereocenters. The minimum atomic E-state index is -0.936. The molecule has 19 heavy (non-hydrogen) atoms. The first-order valence-electron chi connectivity index (χ1n) is 5.18. The summed E-state index contributed by atoms with van der Waals surface area (Å²) in [6.45, 7) is 0. The Kier molecular flexibility index (Phi) is 4.06. The molecule has 5 nitrogen and oxygen atoms in total. The second kappa shape index (κ2) is 5.58. The highest BCUT2D eigenvalue weighted by molar-refractivity contribution is 7.99. The van der Waals surface area contributed by atoms with E-state index < -0.39 is 11.8 Å². The number of hydrogen-bond donors (Lipinski definition) is 1. The second-order valence-electron chi connectivity index (χ2n) is 3.65. The fourth-order valence-electron chi connectivity index (χ4n) is 1.41. The molecule has 0 atom stereocenters. The van der Waals surface area contributed by atoms with Gasteiger partial charge in [-0.2, -0.15) is 5.10 Å². The maximum Gasteiger partial charge on any atom is 0.313 e. The lowest BCUT2D eigenvalue weighted by molar-refractivity contribution is -0.133. The lowest BCUT2D eigenvalue weighted by Gasteiger charge is -1.98. The number of halogens is 2. The number of carboxylic acid groups (broad SMARTS) is 1. The lowest BCUT2D eigenvalue weighted by Crippen LogP contribution is -2.00. The van der Waals surface area contributed by atoms with Gasteiger partial charge in [-0.1, -0.05) is 23.4 Å². The van der Waals surface area contributed by atoms with Gasteiger partial charge in [0.05, 0.1) is 10.8 Å². The third-order valence-electron chi connectivity index (χ3n) is 2.22. The van der Waals surface area contributed by atoms with E-state index in [0.29, 0.717) is 16.5 Å². The Morgan fingerprint density at radius 3 is 2.95 bits per heavy atom. The molecule has 0 aliphatic rings. The van der Waals surface area contributed by atoms with Crippen molar-refractivity contribution in [3.05, 3.63) is 29.0 Å². The number of carboxylic acids is 1. The van der Waals surface area contributed by atoms with Crippen molar-refractivity contribution in [1.29, 1.82) is 0 Å². The van der Waals surface area contributed by atoms with Crippen LogP contribution in [0.4, 0.5) is 4.39 Å². The van der Waals surface area contributed by atoms with Crippen LogP contribution in [0.2, 0.25) is 5.02 Å². The normalized spacial score (nSPS) is 10.7. The van der Waals surface area contributed by atoms with Crippen molar-refractivity contribution in [1.82, 2.24) is 14.8 Å². The highest BCUT2D eigenvalue weighted by Gasteiger charge is 2.14. The van der Waals surface area contributed by atoms with Gasteiger partial charge in [0.1, 0.15) is 5.82 Å². The summed E-state index contributed by atoms with van der Waals surface area (Å²) >= 11 is 6.98. The summed E-state index contributed by atoms with van der Waals surface area (Å²) in [5, 5.41) is 13.4. The van der Waals surface area contributed by atoms with Gasteiger partial charge in [-0.05, 0) is 18.2 Å². The Balaban J connectivity index is 2.31. The van der Waals surface area contributed by atoms with Crippen LogP contribution in [0.1, 0.15) is 0 Å². The molecule has 0 amide bonds. The molecular weight excluding hydrogens is 293 g/mol. The molecule has 2 rings (SSSR count). The van der Waals surface area contributed by atoms with Crippen LogP contribution < -0.4 is 0 Å². The van der Waals surface area contributed by atoms with Crippen molar-refractivity contribution in [3.63, 3.8) is 0 Å². The Hall–Kier alpha value is -1.60. The summed E-state index contributed by atoms with van der Waals surface area (Å²) in [6.07, 6.45) is 0. The molecule has 0 aliphatic carbocycles. The SMILES string of the molecule is Cn1nc(-c2ccc(F)cc2Cl)nc1SCC(=O)O. The largest absolute Gasteiger partial charge is 0.481 e. The molecule has 0 aliphatic heterocycles. The molecular formula is C11H9ClFN3O2S. The van der Waals surface area contributed by atoms with Gasteiger partial charge in [0.15, 0.2) is 11.0 Å². The number of aromatic nitrogens is 3. The number of aryl methyl sites for hydroxylation is 1. The van der Waals surface area contributed by atoms with E-state index in [-0.39, 0.29) is 10.8 Å². The Bertz CT molecular complexity index is 632. The van der Waals surface area contributed by atoms with Crippen LogP contribution in [-0.4, -0.2) is 31.6 Å². The Morgan fingerprint density at radius 1 is 1.58 bits per heavy atom. The van der Waals surface area contributed by atoms with Gasteiger partial charge in [-0.25, -0.2) is 14.1 Å². The van der Waals surface area contributed by atoms with Gasteiger partial charge in [0.25, 0.3) is 0 Å². The van der Waals surface area contributed by atoms with Crippen molar-refractivity contribution in [2.75, 3.05) is 5.75 Å². The quantitative estimate of drug-likeness (QED) is 0.879. The zero-order valence-electron chi connectivity index (χ0n) is 9.80. The molecule has 8 heteroatoms. The monoisotopic (exact) mass is 301 g/mol. The third-order valence-corrected chi connectivity index (χ3v) is 3.54. The zero-order chi connectivity index (χ0) is 14.0. The number of rotatable bonds is 4. The summed E-state index contributed by atoms with van der Waals surface area (Å²) in [5.74, 6) is -1.15. The molecule has 1 heterocycles. The van der Waals surface area contributed by atoms with Crippen molar-refractivity contribution in [2.24, 2.45) is 7.05 Å². The fraction of sp³-hybridized carbons (Fsp3) is 0.182. The average molecular weight is 302 g/mol. The van der Waals surface area contributed by atoms with Crippen LogP contribution in [0.5, 0.6) is 0 Å². The smallest absolute Gasteiger partial charge is 0.313 e. The highest BCUT2D eigenvalue weighted by Crippen LogP contribution is 2.27. The van der Waals surface area contributed by atoms with Crippen molar-refractivity contribution in [2.45, 2.75) is 5.16 Å². The molecule has 100 valence electrons. The third kappa shape index (κ3) is 3.24. The maximum atomic E-state index is 13.0. The summed E-state index contributed by atoms with van der Waals surface area (Å²) < 4.78 is 14.4. The molecule has 1 aromatic carbocycles. The van der Waals surface area contributed by atoms with E-state index in [1.807, 2.05) is 0 Å². The molecule has 2 aromatic rings. The first kappa shape index (κ1) is 13.8. The van der Waals surface area contributed by atoms with Crippen LogP contribution in [0.15, 0.2) is 23.4 Å². The molecule has 0 radical (unpaired) electrons. The van der Waals surface area contributed by atoms with Gasteiger partial charge in [-0.3, -0.25) is 4.79 Å². The van der Waals surface area contributed by atoms with Crippen LogP contribution in [0.25, 0.3) is 11.4 Å². The molecule has 0 fully saturated rings. The fourth-order valence-corrected chi connectivity index (χ4v) is 2.29. The number of carbonyl (C=O) groups is 1. The van der Waals surface area contributed by atoms with E-state index in [9.17, 15) is 9.18 Å². The van der Waals surface area contributed by atoms with E-state index in [4.69, 9.17) is 16.7 Å². The van der Waals surface area contributed by atoms with Crippen LogP contribution >= 0.6 is 23.4 Å². The minimum absolute atomic E-state index is 0.108. The van der Waals surface area contributed by atoms with Crippen LogP contribution in [-0.2, 0) is 11.8 Å². The van der Waals surface area contributed by atoms with Gasteiger partial charge in [0, 0.05) is 12.6 Å². The lowest BCUT2D eigenvalue weighted by atomic mass is 10.2. The molecule has 1 aromatic heterocycles. The number of aliphatic carboxylic acids is 1. The van der Waals surface area contributed by atoms with Crippen molar-refractivity contribution in [3.8, 4) is 11.4 Å². The maximum absolute atomic E-state index is 13.0. The molecule has 0 bridgehead atoms. The molecule has 0 saturated heterocycles. The summed E-state index contributed by atoms with van der Waals surface area (Å²) in [4.78, 5) is 14.7. The van der Waals surface area contributed by atoms with E-state index in [1.165, 1.54) is 22.9 Å². The Labute approximate surface area is 117 Å². The first-order chi connectivity index (χ1) is 8.97. The number of hydrogen-bond acceptors (Lipinski definition) is 4. The second-order valence-corrected chi connectivity index (χ2v) is 5.00. The predicted octanol–water partition coefficient (Wildman–Crippen LogP) is 2.45. The van der Waals surface area contributed by atoms with E-state index in [2.05, 4.69) is 10.1 Å². The molecule has 0 spiro atoms.